The smallest absolute Gasteiger partial charge is 0.00387 e. The van der Waals surface area contributed by atoms with Gasteiger partial charge in [-0.1, -0.05) is 6.92 Å². The van der Waals surface area contributed by atoms with Crippen LogP contribution in [-0.4, -0.2) is 26.7 Å². The molecule has 0 aromatic carbocycles. The van der Waals surface area contributed by atoms with Crippen LogP contribution >= 0.6 is 0 Å². The van der Waals surface area contributed by atoms with Crippen LogP contribution in [0.2, 0.25) is 0 Å². The summed E-state index contributed by atoms with van der Waals surface area (Å²) >= 11 is 0. The summed E-state index contributed by atoms with van der Waals surface area (Å²) in [5.74, 6) is 0.771. The highest BCUT2D eigenvalue weighted by Crippen LogP contribution is 2.02. The Balaban J connectivity index is 3.27. The number of rotatable bonds is 5. The van der Waals surface area contributed by atoms with Gasteiger partial charge in [0.25, 0.3) is 0 Å². The van der Waals surface area contributed by atoms with E-state index >= 15 is 0 Å². The van der Waals surface area contributed by atoms with E-state index in [9.17, 15) is 0 Å². The van der Waals surface area contributed by atoms with Crippen molar-refractivity contribution in [1.82, 2.24) is 10.6 Å². The van der Waals surface area contributed by atoms with Gasteiger partial charge in [-0.05, 0) is 39.9 Å². The van der Waals surface area contributed by atoms with Crippen molar-refractivity contribution in [2.45, 2.75) is 26.3 Å². The predicted octanol–water partition coefficient (Wildman–Crippen LogP) is 0.840. The van der Waals surface area contributed by atoms with E-state index in [4.69, 9.17) is 0 Å². The maximum Gasteiger partial charge on any atom is 0.00387 e. The zero-order valence-corrected chi connectivity index (χ0v) is 7.57. The van der Waals surface area contributed by atoms with E-state index in [0.717, 1.165) is 12.5 Å². The average Bonchev–Trinajstić information content (AvgIpc) is 1.88. The van der Waals surface area contributed by atoms with E-state index in [-0.39, 0.29) is 0 Å². The Morgan fingerprint density at radius 2 is 1.80 bits per heavy atom. The zero-order valence-electron chi connectivity index (χ0n) is 7.57. The molecule has 62 valence electrons. The van der Waals surface area contributed by atoms with Crippen LogP contribution in [0.4, 0.5) is 0 Å². The Kier molecular flexibility index (Phi) is 5.64. The molecule has 2 N–H and O–H groups in total. The third-order valence-corrected chi connectivity index (χ3v) is 1.80. The second-order valence-electron chi connectivity index (χ2n) is 3.09. The quantitative estimate of drug-likeness (QED) is 0.597. The highest BCUT2D eigenvalue weighted by Gasteiger charge is 2.04. The molecule has 0 heterocycles. The molecular formula is C8H20N2. The highest BCUT2D eigenvalue weighted by atomic mass is 14.9. The van der Waals surface area contributed by atoms with Crippen LogP contribution in [-0.2, 0) is 0 Å². The van der Waals surface area contributed by atoms with Crippen molar-refractivity contribution in [2.75, 3.05) is 20.6 Å². The molecule has 0 aromatic heterocycles. The van der Waals surface area contributed by atoms with Crippen LogP contribution in [0.1, 0.15) is 20.3 Å². The molecule has 2 nitrogen and oxygen atoms in total. The Morgan fingerprint density at radius 3 is 2.20 bits per heavy atom. The molecule has 0 amide bonds. The standard InChI is InChI=1S/C8H20N2/c1-7(6-9-3)5-8(2)10-4/h7-10H,5-6H2,1-4H3. The van der Waals surface area contributed by atoms with Gasteiger partial charge in [-0.2, -0.15) is 0 Å². The predicted molar refractivity (Wildman–Crippen MR) is 46.2 cm³/mol. The second-order valence-corrected chi connectivity index (χ2v) is 3.09. The minimum absolute atomic E-state index is 0.642. The van der Waals surface area contributed by atoms with E-state index in [1.807, 2.05) is 14.1 Å². The zero-order chi connectivity index (χ0) is 7.98. The van der Waals surface area contributed by atoms with Gasteiger partial charge < -0.3 is 10.6 Å². The Hall–Kier alpha value is -0.0800. The Morgan fingerprint density at radius 1 is 1.20 bits per heavy atom. The lowest BCUT2D eigenvalue weighted by molar-refractivity contribution is 0.429. The maximum absolute atomic E-state index is 3.23. The minimum Gasteiger partial charge on any atom is -0.319 e. The van der Waals surface area contributed by atoms with E-state index in [1.165, 1.54) is 6.42 Å². The summed E-state index contributed by atoms with van der Waals surface area (Å²) in [5, 5.41) is 6.40. The minimum atomic E-state index is 0.642. The molecule has 0 bridgehead atoms. The van der Waals surface area contributed by atoms with Gasteiger partial charge in [-0.15, -0.1) is 0 Å². The molecule has 2 heteroatoms. The molecule has 0 saturated carbocycles. The van der Waals surface area contributed by atoms with Crippen molar-refractivity contribution >= 4 is 0 Å². The molecule has 0 rings (SSSR count). The fourth-order valence-electron chi connectivity index (χ4n) is 1.15. The summed E-state index contributed by atoms with van der Waals surface area (Å²) < 4.78 is 0. The molecule has 0 fully saturated rings. The van der Waals surface area contributed by atoms with Crippen molar-refractivity contribution < 1.29 is 0 Å². The van der Waals surface area contributed by atoms with Gasteiger partial charge in [0.2, 0.25) is 0 Å². The van der Waals surface area contributed by atoms with E-state index in [2.05, 4.69) is 24.5 Å². The first kappa shape index (κ1) is 9.92. The summed E-state index contributed by atoms with van der Waals surface area (Å²) in [7, 11) is 4.01. The van der Waals surface area contributed by atoms with Gasteiger partial charge in [0.1, 0.15) is 0 Å². The first-order chi connectivity index (χ1) is 4.70. The highest BCUT2D eigenvalue weighted by molar-refractivity contribution is 4.63. The van der Waals surface area contributed by atoms with Gasteiger partial charge in [0.05, 0.1) is 0 Å². The van der Waals surface area contributed by atoms with Gasteiger partial charge in [-0.3, -0.25) is 0 Å². The Bertz CT molecular complexity index is 73.7. The molecule has 0 saturated heterocycles. The molecule has 2 unspecified atom stereocenters. The average molecular weight is 144 g/mol. The molecule has 0 aliphatic heterocycles. The van der Waals surface area contributed by atoms with Crippen LogP contribution in [0.15, 0.2) is 0 Å². The van der Waals surface area contributed by atoms with Crippen LogP contribution in [0.25, 0.3) is 0 Å². The van der Waals surface area contributed by atoms with Crippen molar-refractivity contribution in [1.29, 1.82) is 0 Å². The SMILES string of the molecule is CNCC(C)CC(C)NC. The van der Waals surface area contributed by atoms with Crippen molar-refractivity contribution in [3.63, 3.8) is 0 Å². The van der Waals surface area contributed by atoms with E-state index in [1.54, 1.807) is 0 Å². The third-order valence-electron chi connectivity index (χ3n) is 1.80. The lowest BCUT2D eigenvalue weighted by atomic mass is 10.0. The normalized spacial score (nSPS) is 16.8. The van der Waals surface area contributed by atoms with Crippen LogP contribution in [0, 0.1) is 5.92 Å². The molecule has 0 spiro atoms. The molecule has 0 aliphatic rings. The van der Waals surface area contributed by atoms with Crippen molar-refractivity contribution in [3.05, 3.63) is 0 Å². The van der Waals surface area contributed by atoms with Gasteiger partial charge in [0, 0.05) is 6.04 Å². The molecule has 10 heavy (non-hydrogen) atoms. The molecule has 0 radical (unpaired) electrons. The topological polar surface area (TPSA) is 24.1 Å². The summed E-state index contributed by atoms with van der Waals surface area (Å²) in [6.45, 7) is 5.60. The lowest BCUT2D eigenvalue weighted by Crippen LogP contribution is -2.27. The van der Waals surface area contributed by atoms with E-state index < -0.39 is 0 Å². The van der Waals surface area contributed by atoms with Crippen LogP contribution < -0.4 is 10.6 Å². The summed E-state index contributed by atoms with van der Waals surface area (Å²) in [6.07, 6.45) is 1.25. The fraction of sp³-hybridized carbons (Fsp3) is 1.00. The summed E-state index contributed by atoms with van der Waals surface area (Å²) in [5.41, 5.74) is 0. The van der Waals surface area contributed by atoms with Crippen molar-refractivity contribution in [3.8, 4) is 0 Å². The molecule has 2 atom stereocenters. The summed E-state index contributed by atoms with van der Waals surface area (Å²) in [6, 6.07) is 0.642. The summed E-state index contributed by atoms with van der Waals surface area (Å²) in [4.78, 5) is 0. The first-order valence-corrected chi connectivity index (χ1v) is 4.02. The lowest BCUT2D eigenvalue weighted by Gasteiger charge is -2.15. The maximum atomic E-state index is 3.23. The number of hydrogen-bond acceptors (Lipinski definition) is 2. The largest absolute Gasteiger partial charge is 0.319 e. The van der Waals surface area contributed by atoms with Crippen molar-refractivity contribution in [2.24, 2.45) is 5.92 Å². The molecular weight excluding hydrogens is 124 g/mol. The number of hydrogen-bond donors (Lipinski definition) is 2. The molecule has 0 aromatic rings. The van der Waals surface area contributed by atoms with Gasteiger partial charge in [0.15, 0.2) is 0 Å². The molecule has 0 aliphatic carbocycles. The number of nitrogens with one attached hydrogen (secondary N) is 2. The van der Waals surface area contributed by atoms with Gasteiger partial charge in [-0.25, -0.2) is 0 Å². The van der Waals surface area contributed by atoms with Crippen LogP contribution in [0.3, 0.4) is 0 Å². The van der Waals surface area contributed by atoms with Gasteiger partial charge >= 0.3 is 0 Å². The fourth-order valence-corrected chi connectivity index (χ4v) is 1.15. The van der Waals surface area contributed by atoms with E-state index in [0.29, 0.717) is 6.04 Å². The first-order valence-electron chi connectivity index (χ1n) is 4.02. The third kappa shape index (κ3) is 4.77. The second kappa shape index (κ2) is 5.69. The van der Waals surface area contributed by atoms with Crippen LogP contribution in [0.5, 0.6) is 0 Å². The monoisotopic (exact) mass is 144 g/mol. The Labute approximate surface area is 64.4 Å².